The number of nitrogens with zero attached hydrogens (tertiary/aromatic N) is 1. The van der Waals surface area contributed by atoms with Gasteiger partial charge in [-0.1, -0.05) is 11.6 Å². The van der Waals surface area contributed by atoms with Crippen molar-refractivity contribution in [2.75, 3.05) is 10.5 Å². The third kappa shape index (κ3) is 3.02. The van der Waals surface area contributed by atoms with E-state index in [4.69, 9.17) is 17.3 Å². The fourth-order valence-electron chi connectivity index (χ4n) is 1.43. The number of aromatic nitrogens is 1. The number of sulfonamides is 1. The number of benzene rings is 1. The number of hydrogen-bond donors (Lipinski definition) is 2. The van der Waals surface area contributed by atoms with Crippen molar-refractivity contribution >= 4 is 48.9 Å². The summed E-state index contributed by atoms with van der Waals surface area (Å²) in [6.07, 6.45) is 2.62. The lowest BCUT2D eigenvalue weighted by Crippen LogP contribution is -2.15. The van der Waals surface area contributed by atoms with E-state index in [1.807, 2.05) is 0 Å². The summed E-state index contributed by atoms with van der Waals surface area (Å²) < 4.78 is 40.4. The van der Waals surface area contributed by atoms with Crippen LogP contribution in [0.5, 0.6) is 0 Å². The van der Waals surface area contributed by atoms with Crippen molar-refractivity contribution in [1.82, 2.24) is 4.98 Å². The van der Waals surface area contributed by atoms with Gasteiger partial charge in [0.25, 0.3) is 10.0 Å². The molecule has 0 aliphatic carbocycles. The first-order valence-corrected chi connectivity index (χ1v) is 7.83. The first-order chi connectivity index (χ1) is 9.31. The smallest absolute Gasteiger partial charge is 0.265 e. The summed E-state index contributed by atoms with van der Waals surface area (Å²) in [5.74, 6) is -0.938. The first-order valence-electron chi connectivity index (χ1n) is 5.18. The van der Waals surface area contributed by atoms with Crippen LogP contribution in [-0.2, 0) is 10.0 Å². The summed E-state index contributed by atoms with van der Waals surface area (Å²) in [5, 5.41) is 0.145. The average molecular weight is 381 g/mol. The highest BCUT2D eigenvalue weighted by molar-refractivity contribution is 9.10. The fourth-order valence-corrected chi connectivity index (χ4v) is 3.45. The molecule has 2 rings (SSSR count). The lowest BCUT2D eigenvalue weighted by atomic mass is 10.3. The topological polar surface area (TPSA) is 85.1 Å². The normalized spacial score (nSPS) is 11.3. The quantitative estimate of drug-likeness (QED) is 0.802. The van der Waals surface area contributed by atoms with Crippen LogP contribution in [0.1, 0.15) is 0 Å². The fraction of sp³-hybridized carbons (Fsp3) is 0. The standard InChI is InChI=1S/C11H8BrClFN3O2S/c12-7-3-6(15)4-10(11(7)14)20(18,19)17-9-5-16-2-1-8(9)13/h1-5,17H,15H2. The number of nitrogens with two attached hydrogens (primary N) is 1. The number of anilines is 2. The molecule has 1 heterocycles. The van der Waals surface area contributed by atoms with E-state index in [9.17, 15) is 12.8 Å². The molecule has 0 atom stereocenters. The van der Waals surface area contributed by atoms with Crippen LogP contribution in [0.3, 0.4) is 0 Å². The Labute approximate surface area is 128 Å². The number of nitrogens with one attached hydrogen (secondary N) is 1. The van der Waals surface area contributed by atoms with Gasteiger partial charge in [-0.15, -0.1) is 0 Å². The van der Waals surface area contributed by atoms with Crippen molar-refractivity contribution in [3.05, 3.63) is 45.9 Å². The number of pyridine rings is 1. The Morgan fingerprint density at radius 1 is 1.40 bits per heavy atom. The van der Waals surface area contributed by atoms with E-state index in [-0.39, 0.29) is 20.9 Å². The Balaban J connectivity index is 2.49. The minimum Gasteiger partial charge on any atom is -0.399 e. The second kappa shape index (κ2) is 5.55. The third-order valence-electron chi connectivity index (χ3n) is 2.32. The van der Waals surface area contributed by atoms with Gasteiger partial charge in [0, 0.05) is 11.9 Å². The molecule has 0 aliphatic rings. The SMILES string of the molecule is Nc1cc(Br)c(F)c(S(=O)(=O)Nc2cnccc2Cl)c1. The Kier molecular flexibility index (Phi) is 4.17. The van der Waals surface area contributed by atoms with Gasteiger partial charge in [0.05, 0.1) is 21.4 Å². The van der Waals surface area contributed by atoms with Crippen LogP contribution in [0, 0.1) is 5.82 Å². The van der Waals surface area contributed by atoms with Crippen LogP contribution >= 0.6 is 27.5 Å². The molecule has 0 saturated heterocycles. The molecule has 0 bridgehead atoms. The van der Waals surface area contributed by atoms with E-state index in [2.05, 4.69) is 25.6 Å². The monoisotopic (exact) mass is 379 g/mol. The van der Waals surface area contributed by atoms with E-state index in [0.29, 0.717) is 0 Å². The van der Waals surface area contributed by atoms with Crippen LogP contribution in [0.25, 0.3) is 0 Å². The van der Waals surface area contributed by atoms with Crippen molar-refractivity contribution in [3.8, 4) is 0 Å². The van der Waals surface area contributed by atoms with Crippen molar-refractivity contribution in [2.45, 2.75) is 4.90 Å². The Bertz CT molecular complexity index is 770. The van der Waals surface area contributed by atoms with Gasteiger partial charge < -0.3 is 5.73 Å². The molecule has 0 unspecified atom stereocenters. The molecule has 1 aromatic carbocycles. The van der Waals surface area contributed by atoms with Crippen LogP contribution in [0.15, 0.2) is 40.0 Å². The number of halogens is 3. The molecule has 0 spiro atoms. The van der Waals surface area contributed by atoms with E-state index in [1.54, 1.807) is 0 Å². The molecule has 0 radical (unpaired) electrons. The van der Waals surface area contributed by atoms with Gasteiger partial charge in [0.1, 0.15) is 4.90 Å². The van der Waals surface area contributed by atoms with Crippen LogP contribution in [0.4, 0.5) is 15.8 Å². The minimum absolute atomic E-state index is 0.0461. The maximum Gasteiger partial charge on any atom is 0.265 e. The molecule has 106 valence electrons. The van der Waals surface area contributed by atoms with E-state index in [0.717, 1.165) is 6.07 Å². The van der Waals surface area contributed by atoms with Gasteiger partial charge in [-0.3, -0.25) is 9.71 Å². The maximum absolute atomic E-state index is 13.9. The molecule has 3 N–H and O–H groups in total. The Morgan fingerprint density at radius 3 is 2.75 bits per heavy atom. The second-order valence-electron chi connectivity index (χ2n) is 3.78. The van der Waals surface area contributed by atoms with Gasteiger partial charge in [-0.05, 0) is 34.1 Å². The average Bonchev–Trinajstić information content (AvgIpc) is 2.36. The summed E-state index contributed by atoms with van der Waals surface area (Å²) in [7, 11) is -4.17. The highest BCUT2D eigenvalue weighted by atomic mass is 79.9. The first kappa shape index (κ1) is 15.0. The Morgan fingerprint density at radius 2 is 2.10 bits per heavy atom. The highest BCUT2D eigenvalue weighted by Gasteiger charge is 2.22. The Hall–Kier alpha value is -1.38. The van der Waals surface area contributed by atoms with Crippen molar-refractivity contribution in [2.24, 2.45) is 0 Å². The number of rotatable bonds is 3. The predicted octanol–water partition coefficient (Wildman–Crippen LogP) is 3.02. The zero-order chi connectivity index (χ0) is 14.9. The molecular weight excluding hydrogens is 373 g/mol. The number of hydrogen-bond acceptors (Lipinski definition) is 4. The van der Waals surface area contributed by atoms with Gasteiger partial charge in [-0.2, -0.15) is 0 Å². The van der Waals surface area contributed by atoms with Crippen LogP contribution < -0.4 is 10.5 Å². The van der Waals surface area contributed by atoms with Gasteiger partial charge >= 0.3 is 0 Å². The predicted molar refractivity (Wildman–Crippen MR) is 78.6 cm³/mol. The van der Waals surface area contributed by atoms with E-state index < -0.39 is 20.7 Å². The molecule has 5 nitrogen and oxygen atoms in total. The van der Waals surface area contributed by atoms with Crippen molar-refractivity contribution < 1.29 is 12.8 Å². The molecule has 2 aromatic rings. The summed E-state index contributed by atoms with van der Waals surface area (Å²) in [5.41, 5.74) is 5.68. The van der Waals surface area contributed by atoms with Crippen molar-refractivity contribution in [3.63, 3.8) is 0 Å². The maximum atomic E-state index is 13.9. The third-order valence-corrected chi connectivity index (χ3v) is 4.59. The summed E-state index contributed by atoms with van der Waals surface area (Å²) >= 11 is 8.73. The molecule has 1 aromatic heterocycles. The molecule has 0 saturated carbocycles. The van der Waals surface area contributed by atoms with Crippen LogP contribution in [0.2, 0.25) is 5.02 Å². The largest absolute Gasteiger partial charge is 0.399 e. The van der Waals surface area contributed by atoms with Crippen molar-refractivity contribution in [1.29, 1.82) is 0 Å². The summed E-state index contributed by atoms with van der Waals surface area (Å²) in [4.78, 5) is 3.16. The molecule has 20 heavy (non-hydrogen) atoms. The minimum atomic E-state index is -4.17. The number of nitrogen functional groups attached to an aromatic ring is 1. The lowest BCUT2D eigenvalue weighted by Gasteiger charge is -2.11. The van der Waals surface area contributed by atoms with Crippen LogP contribution in [-0.4, -0.2) is 13.4 Å². The zero-order valence-corrected chi connectivity index (χ0v) is 12.9. The summed E-state index contributed by atoms with van der Waals surface area (Å²) in [6.45, 7) is 0. The highest BCUT2D eigenvalue weighted by Crippen LogP contribution is 2.29. The molecular formula is C11H8BrClFN3O2S. The van der Waals surface area contributed by atoms with E-state index >= 15 is 0 Å². The van der Waals surface area contributed by atoms with Gasteiger partial charge in [0.2, 0.25) is 0 Å². The summed E-state index contributed by atoms with van der Waals surface area (Å²) in [6, 6.07) is 3.70. The molecule has 0 aliphatic heterocycles. The van der Waals surface area contributed by atoms with Gasteiger partial charge in [-0.25, -0.2) is 12.8 Å². The zero-order valence-electron chi connectivity index (χ0n) is 9.77. The van der Waals surface area contributed by atoms with E-state index in [1.165, 1.54) is 24.5 Å². The van der Waals surface area contributed by atoms with Gasteiger partial charge in [0.15, 0.2) is 5.82 Å². The second-order valence-corrected chi connectivity index (χ2v) is 6.69. The lowest BCUT2D eigenvalue weighted by molar-refractivity contribution is 0.567. The molecule has 9 heteroatoms. The molecule has 0 fully saturated rings. The molecule has 0 amide bonds.